The monoisotopic (exact) mass is 347 g/mol. The third kappa shape index (κ3) is 4.10. The van der Waals surface area contributed by atoms with Gasteiger partial charge in [-0.15, -0.1) is 0 Å². The van der Waals surface area contributed by atoms with Crippen LogP contribution in [0.2, 0.25) is 0 Å². The molecule has 1 amide bonds. The van der Waals surface area contributed by atoms with Crippen LogP contribution in [0.4, 0.5) is 11.4 Å². The van der Waals surface area contributed by atoms with Crippen molar-refractivity contribution >= 4 is 17.3 Å². The summed E-state index contributed by atoms with van der Waals surface area (Å²) in [6.07, 6.45) is 4.38. The first kappa shape index (κ1) is 17.7. The Labute approximate surface area is 147 Å². The van der Waals surface area contributed by atoms with Gasteiger partial charge >= 0.3 is 0 Å². The molecule has 7 nitrogen and oxygen atoms in total. The number of carbonyl (C=O) groups is 1. The summed E-state index contributed by atoms with van der Waals surface area (Å²) in [6.45, 7) is 4.70. The lowest BCUT2D eigenvalue weighted by Gasteiger charge is -2.32. The number of nitro benzene ring substituents is 1. The maximum Gasteiger partial charge on any atom is 0.270 e. The zero-order valence-corrected chi connectivity index (χ0v) is 14.6. The van der Waals surface area contributed by atoms with Crippen molar-refractivity contribution < 1.29 is 14.5 Å². The number of anilines is 1. The summed E-state index contributed by atoms with van der Waals surface area (Å²) < 4.78 is 5.37. The highest BCUT2D eigenvalue weighted by atomic mass is 16.6. The molecular weight excluding hydrogens is 322 g/mol. The Balaban J connectivity index is 1.86. The largest absolute Gasteiger partial charge is 0.378 e. The molecular formula is C18H25N3O4. The molecule has 0 spiro atoms. The molecule has 7 heteroatoms. The minimum Gasteiger partial charge on any atom is -0.378 e. The highest BCUT2D eigenvalue weighted by Gasteiger charge is 2.27. The van der Waals surface area contributed by atoms with Crippen LogP contribution in [-0.2, 0) is 4.74 Å². The molecule has 1 aromatic rings. The molecule has 1 N–H and O–H groups in total. The fraction of sp³-hybridized carbons (Fsp3) is 0.611. The molecule has 1 aliphatic carbocycles. The molecule has 1 aliphatic heterocycles. The number of hydrogen-bond acceptors (Lipinski definition) is 5. The third-order valence-electron chi connectivity index (χ3n) is 5.22. The second kappa shape index (κ2) is 7.82. The molecule has 2 fully saturated rings. The van der Waals surface area contributed by atoms with Gasteiger partial charge in [-0.05, 0) is 24.8 Å². The van der Waals surface area contributed by atoms with Crippen LogP contribution in [-0.4, -0.2) is 43.2 Å². The van der Waals surface area contributed by atoms with Crippen LogP contribution in [0.15, 0.2) is 18.2 Å². The molecule has 136 valence electrons. The Bertz CT molecular complexity index is 643. The summed E-state index contributed by atoms with van der Waals surface area (Å²) >= 11 is 0. The van der Waals surface area contributed by atoms with E-state index in [9.17, 15) is 14.9 Å². The average Bonchev–Trinajstić information content (AvgIpc) is 2.63. The van der Waals surface area contributed by atoms with Crippen molar-refractivity contribution in [2.24, 2.45) is 5.92 Å². The van der Waals surface area contributed by atoms with Crippen molar-refractivity contribution in [3.63, 3.8) is 0 Å². The zero-order valence-electron chi connectivity index (χ0n) is 14.6. The van der Waals surface area contributed by atoms with Gasteiger partial charge in [0.25, 0.3) is 11.6 Å². The van der Waals surface area contributed by atoms with Crippen molar-refractivity contribution in [3.8, 4) is 0 Å². The van der Waals surface area contributed by atoms with Crippen molar-refractivity contribution in [3.05, 3.63) is 33.9 Å². The summed E-state index contributed by atoms with van der Waals surface area (Å²) in [5, 5.41) is 14.3. The normalized spacial score (nSPS) is 24.0. The Morgan fingerprint density at radius 3 is 2.68 bits per heavy atom. The van der Waals surface area contributed by atoms with E-state index in [0.29, 0.717) is 37.8 Å². The van der Waals surface area contributed by atoms with Gasteiger partial charge in [0.15, 0.2) is 0 Å². The lowest BCUT2D eigenvalue weighted by molar-refractivity contribution is -0.384. The van der Waals surface area contributed by atoms with E-state index in [4.69, 9.17) is 4.74 Å². The predicted octanol–water partition coefficient (Wildman–Crippen LogP) is 2.74. The van der Waals surface area contributed by atoms with Gasteiger partial charge < -0.3 is 15.0 Å². The predicted molar refractivity (Wildman–Crippen MR) is 95.0 cm³/mol. The topological polar surface area (TPSA) is 84.7 Å². The van der Waals surface area contributed by atoms with Crippen LogP contribution in [0.1, 0.15) is 43.0 Å². The summed E-state index contributed by atoms with van der Waals surface area (Å²) in [5.41, 5.74) is 1.07. The molecule has 2 aliphatic rings. The van der Waals surface area contributed by atoms with E-state index in [2.05, 4.69) is 17.1 Å². The van der Waals surface area contributed by atoms with Crippen molar-refractivity contribution in [1.82, 2.24) is 5.32 Å². The second-order valence-corrected chi connectivity index (χ2v) is 6.90. The van der Waals surface area contributed by atoms with Crippen molar-refractivity contribution in [1.29, 1.82) is 0 Å². The van der Waals surface area contributed by atoms with Gasteiger partial charge in [-0.2, -0.15) is 0 Å². The van der Waals surface area contributed by atoms with Gasteiger partial charge in [-0.25, -0.2) is 0 Å². The number of morpholine rings is 1. The van der Waals surface area contributed by atoms with E-state index in [1.165, 1.54) is 18.6 Å². The van der Waals surface area contributed by atoms with Crippen LogP contribution >= 0.6 is 0 Å². The molecule has 1 saturated heterocycles. The Morgan fingerprint density at radius 1 is 1.28 bits per heavy atom. The fourth-order valence-electron chi connectivity index (χ4n) is 3.68. The van der Waals surface area contributed by atoms with Crippen LogP contribution in [0.5, 0.6) is 0 Å². The molecule has 0 unspecified atom stereocenters. The van der Waals surface area contributed by atoms with Gasteiger partial charge in [0.05, 0.1) is 29.4 Å². The second-order valence-electron chi connectivity index (χ2n) is 6.90. The Morgan fingerprint density at radius 2 is 2.00 bits per heavy atom. The average molecular weight is 347 g/mol. The van der Waals surface area contributed by atoms with Crippen LogP contribution in [0, 0.1) is 16.0 Å². The quantitative estimate of drug-likeness (QED) is 0.669. The molecule has 25 heavy (non-hydrogen) atoms. The number of amides is 1. The van der Waals surface area contributed by atoms with E-state index < -0.39 is 4.92 Å². The van der Waals surface area contributed by atoms with Gasteiger partial charge in [0, 0.05) is 31.3 Å². The number of benzene rings is 1. The first-order chi connectivity index (χ1) is 12.1. The smallest absolute Gasteiger partial charge is 0.270 e. The van der Waals surface area contributed by atoms with Crippen LogP contribution in [0.3, 0.4) is 0 Å². The van der Waals surface area contributed by atoms with Crippen LogP contribution < -0.4 is 10.2 Å². The fourth-order valence-corrected chi connectivity index (χ4v) is 3.68. The minimum absolute atomic E-state index is 0.0566. The van der Waals surface area contributed by atoms with E-state index >= 15 is 0 Å². The molecule has 0 aromatic heterocycles. The van der Waals surface area contributed by atoms with Gasteiger partial charge in [0.2, 0.25) is 0 Å². The molecule has 1 aromatic carbocycles. The SMILES string of the molecule is C[C@@H]1CCCC[C@H]1NC(=O)c1cc([N+](=O)[O-])ccc1N1CCOCC1. The first-order valence-corrected chi connectivity index (χ1v) is 8.98. The van der Waals surface area contributed by atoms with E-state index in [-0.39, 0.29) is 17.6 Å². The number of nitrogens with zero attached hydrogens (tertiary/aromatic N) is 2. The Hall–Kier alpha value is -2.15. The number of ether oxygens (including phenoxy) is 1. The Kier molecular flexibility index (Phi) is 5.53. The number of non-ortho nitro benzene ring substituents is 1. The van der Waals surface area contributed by atoms with Gasteiger partial charge in [-0.3, -0.25) is 14.9 Å². The van der Waals surface area contributed by atoms with Gasteiger partial charge in [-0.1, -0.05) is 19.8 Å². The minimum atomic E-state index is -0.455. The number of nitro groups is 1. The highest BCUT2D eigenvalue weighted by molar-refractivity contribution is 6.00. The molecule has 3 rings (SSSR count). The van der Waals surface area contributed by atoms with E-state index in [1.54, 1.807) is 6.07 Å². The summed E-state index contributed by atoms with van der Waals surface area (Å²) in [5.74, 6) is 0.215. The number of rotatable bonds is 4. The number of nitrogens with one attached hydrogen (secondary N) is 1. The number of hydrogen-bond donors (Lipinski definition) is 1. The molecule has 1 saturated carbocycles. The molecule has 0 bridgehead atoms. The standard InChI is InChI=1S/C18H25N3O4/c1-13-4-2-3-5-16(13)19-18(22)15-12-14(21(23)24)6-7-17(15)20-8-10-25-11-9-20/h6-7,12-13,16H,2-5,8-11H2,1H3,(H,19,22)/t13-,16-/m1/s1. The van der Waals surface area contributed by atoms with Crippen molar-refractivity contribution in [2.75, 3.05) is 31.2 Å². The maximum atomic E-state index is 12.9. The van der Waals surface area contributed by atoms with Crippen LogP contribution in [0.25, 0.3) is 0 Å². The number of carbonyl (C=O) groups excluding carboxylic acids is 1. The summed E-state index contributed by atoms with van der Waals surface area (Å²) in [6, 6.07) is 4.68. The molecule has 1 heterocycles. The van der Waals surface area contributed by atoms with E-state index in [0.717, 1.165) is 24.9 Å². The summed E-state index contributed by atoms with van der Waals surface area (Å²) in [4.78, 5) is 25.7. The van der Waals surface area contributed by atoms with Crippen molar-refractivity contribution in [2.45, 2.75) is 38.6 Å². The zero-order chi connectivity index (χ0) is 17.8. The lowest BCUT2D eigenvalue weighted by atomic mass is 9.86. The first-order valence-electron chi connectivity index (χ1n) is 8.98. The highest BCUT2D eigenvalue weighted by Crippen LogP contribution is 2.28. The van der Waals surface area contributed by atoms with E-state index in [1.807, 2.05) is 0 Å². The third-order valence-corrected chi connectivity index (χ3v) is 5.22. The van der Waals surface area contributed by atoms with Gasteiger partial charge in [0.1, 0.15) is 0 Å². The lowest BCUT2D eigenvalue weighted by Crippen LogP contribution is -2.42. The molecule has 0 radical (unpaired) electrons. The maximum absolute atomic E-state index is 12.9. The summed E-state index contributed by atoms with van der Waals surface area (Å²) in [7, 11) is 0. The molecule has 2 atom stereocenters.